The van der Waals surface area contributed by atoms with Gasteiger partial charge in [-0.05, 0) is 58.8 Å². The largest absolute Gasteiger partial charge is 0.332 e. The number of rotatable bonds is 4. The number of hydrogen-bond donors (Lipinski definition) is 2. The number of benzene rings is 2. The molecule has 2 N–H and O–H groups in total. The molecule has 0 atom stereocenters. The Balaban J connectivity index is 1.70. The number of anilines is 2. The van der Waals surface area contributed by atoms with Crippen molar-refractivity contribution >= 4 is 56.4 Å². The van der Waals surface area contributed by atoms with E-state index in [0.29, 0.717) is 28.1 Å². The Bertz CT molecular complexity index is 960. The Morgan fingerprint density at radius 3 is 2.77 bits per heavy atom. The highest BCUT2D eigenvalue weighted by atomic mass is 79.9. The van der Waals surface area contributed by atoms with Crippen LogP contribution >= 0.6 is 39.7 Å². The van der Waals surface area contributed by atoms with Gasteiger partial charge in [-0.2, -0.15) is 5.10 Å². The van der Waals surface area contributed by atoms with Gasteiger partial charge in [0.1, 0.15) is 5.82 Å². The van der Waals surface area contributed by atoms with Crippen LogP contribution in [0.1, 0.15) is 11.1 Å². The van der Waals surface area contributed by atoms with Crippen LogP contribution in [0.2, 0.25) is 5.02 Å². The highest BCUT2D eigenvalue weighted by Crippen LogP contribution is 2.24. The standard InChI is InChI=1S/C18H15BrClFN4S/c1-11-14(20)6-4-8-16(11)22-18(26)23-17-13(19)10-25(24-17)9-12-5-2-3-7-15(12)21/h2-8,10H,9H2,1H3,(H2,22,23,24,26). The monoisotopic (exact) mass is 452 g/mol. The van der Waals surface area contributed by atoms with Crippen molar-refractivity contribution in [3.63, 3.8) is 0 Å². The lowest BCUT2D eigenvalue weighted by Crippen LogP contribution is -2.20. The van der Waals surface area contributed by atoms with E-state index in [1.54, 1.807) is 29.1 Å². The summed E-state index contributed by atoms with van der Waals surface area (Å²) in [6.07, 6.45) is 1.77. The van der Waals surface area contributed by atoms with Gasteiger partial charge < -0.3 is 10.6 Å². The molecule has 3 aromatic rings. The zero-order chi connectivity index (χ0) is 18.7. The zero-order valence-electron chi connectivity index (χ0n) is 13.8. The van der Waals surface area contributed by atoms with E-state index in [9.17, 15) is 4.39 Å². The highest BCUT2D eigenvalue weighted by molar-refractivity contribution is 9.10. The molecule has 0 saturated heterocycles. The molecule has 0 saturated carbocycles. The molecule has 1 heterocycles. The predicted molar refractivity (Wildman–Crippen MR) is 111 cm³/mol. The van der Waals surface area contributed by atoms with Crippen LogP contribution in [0.3, 0.4) is 0 Å². The topological polar surface area (TPSA) is 41.9 Å². The first-order valence-electron chi connectivity index (χ1n) is 7.73. The molecule has 0 amide bonds. The van der Waals surface area contributed by atoms with Crippen LogP contribution in [0, 0.1) is 12.7 Å². The maximum atomic E-state index is 13.8. The molecular weight excluding hydrogens is 439 g/mol. The minimum atomic E-state index is -0.262. The molecular formula is C18H15BrClFN4S. The molecule has 0 aliphatic carbocycles. The van der Waals surface area contributed by atoms with E-state index in [1.807, 2.05) is 25.1 Å². The summed E-state index contributed by atoms with van der Waals surface area (Å²) in [5.41, 5.74) is 2.28. The molecule has 0 spiro atoms. The average Bonchev–Trinajstić information content (AvgIpc) is 2.93. The average molecular weight is 454 g/mol. The van der Waals surface area contributed by atoms with Crippen molar-refractivity contribution in [2.24, 2.45) is 0 Å². The summed E-state index contributed by atoms with van der Waals surface area (Å²) >= 11 is 14.9. The second-order valence-electron chi connectivity index (χ2n) is 5.61. The molecule has 0 fully saturated rings. The van der Waals surface area contributed by atoms with Crippen LogP contribution < -0.4 is 10.6 Å². The van der Waals surface area contributed by atoms with Crippen LogP contribution in [0.25, 0.3) is 0 Å². The third-order valence-electron chi connectivity index (χ3n) is 3.76. The van der Waals surface area contributed by atoms with Crippen molar-refractivity contribution in [1.29, 1.82) is 0 Å². The maximum Gasteiger partial charge on any atom is 0.176 e. The molecule has 0 unspecified atom stereocenters. The summed E-state index contributed by atoms with van der Waals surface area (Å²) in [4.78, 5) is 0. The number of hydrogen-bond acceptors (Lipinski definition) is 2. The van der Waals surface area contributed by atoms with Gasteiger partial charge in [-0.25, -0.2) is 4.39 Å². The molecule has 0 radical (unpaired) electrons. The van der Waals surface area contributed by atoms with Crippen molar-refractivity contribution in [2.75, 3.05) is 10.6 Å². The van der Waals surface area contributed by atoms with Crippen LogP contribution in [0.4, 0.5) is 15.9 Å². The minimum Gasteiger partial charge on any atom is -0.332 e. The summed E-state index contributed by atoms with van der Waals surface area (Å²) in [6.45, 7) is 2.23. The van der Waals surface area contributed by atoms with Gasteiger partial charge in [0.05, 0.1) is 11.0 Å². The Labute approximate surface area is 169 Å². The van der Waals surface area contributed by atoms with Crippen molar-refractivity contribution in [3.8, 4) is 0 Å². The zero-order valence-corrected chi connectivity index (χ0v) is 16.9. The molecule has 8 heteroatoms. The maximum absolute atomic E-state index is 13.8. The SMILES string of the molecule is Cc1c(Cl)cccc1NC(=S)Nc1nn(Cc2ccccc2F)cc1Br. The first kappa shape index (κ1) is 18.8. The van der Waals surface area contributed by atoms with Crippen LogP contribution in [-0.4, -0.2) is 14.9 Å². The van der Waals surface area contributed by atoms with Gasteiger partial charge in [0, 0.05) is 22.5 Å². The summed E-state index contributed by atoms with van der Waals surface area (Å²) in [7, 11) is 0. The lowest BCUT2D eigenvalue weighted by molar-refractivity contribution is 0.586. The molecule has 0 aliphatic rings. The lowest BCUT2D eigenvalue weighted by atomic mass is 10.2. The molecule has 4 nitrogen and oxygen atoms in total. The van der Waals surface area contributed by atoms with Gasteiger partial charge in [-0.3, -0.25) is 4.68 Å². The summed E-state index contributed by atoms with van der Waals surface area (Å²) in [6, 6.07) is 12.2. The predicted octanol–water partition coefficient (Wildman–Crippen LogP) is 5.60. The first-order chi connectivity index (χ1) is 12.4. The Morgan fingerprint density at radius 1 is 1.23 bits per heavy atom. The molecule has 0 aliphatic heterocycles. The van der Waals surface area contributed by atoms with Crippen LogP contribution in [0.5, 0.6) is 0 Å². The Hall–Kier alpha value is -1.96. The summed E-state index contributed by atoms with van der Waals surface area (Å²) in [5, 5.41) is 11.6. The number of nitrogens with one attached hydrogen (secondary N) is 2. The fourth-order valence-corrected chi connectivity index (χ4v) is 3.16. The number of nitrogens with zero attached hydrogens (tertiary/aromatic N) is 2. The smallest absolute Gasteiger partial charge is 0.176 e. The van der Waals surface area contributed by atoms with Gasteiger partial charge in [0.25, 0.3) is 0 Å². The Morgan fingerprint density at radius 2 is 2.00 bits per heavy atom. The van der Waals surface area contributed by atoms with Gasteiger partial charge >= 0.3 is 0 Å². The van der Waals surface area contributed by atoms with Crippen LogP contribution in [0.15, 0.2) is 53.1 Å². The third-order valence-corrected chi connectivity index (χ3v) is 4.95. The van der Waals surface area contributed by atoms with E-state index in [2.05, 4.69) is 31.7 Å². The molecule has 134 valence electrons. The van der Waals surface area contributed by atoms with Crippen molar-refractivity contribution < 1.29 is 4.39 Å². The molecule has 3 rings (SSSR count). The summed E-state index contributed by atoms with van der Waals surface area (Å²) < 4.78 is 16.2. The first-order valence-corrected chi connectivity index (χ1v) is 9.31. The van der Waals surface area contributed by atoms with E-state index in [1.165, 1.54) is 6.07 Å². The number of thiocarbonyl (C=S) groups is 1. The minimum absolute atomic E-state index is 0.262. The normalized spacial score (nSPS) is 10.6. The van der Waals surface area contributed by atoms with Gasteiger partial charge in [-0.1, -0.05) is 35.9 Å². The van der Waals surface area contributed by atoms with Crippen molar-refractivity contribution in [1.82, 2.24) is 9.78 Å². The molecule has 2 aromatic carbocycles. The highest BCUT2D eigenvalue weighted by Gasteiger charge is 2.11. The molecule has 0 bridgehead atoms. The van der Waals surface area contributed by atoms with E-state index in [0.717, 1.165) is 15.7 Å². The number of halogens is 3. The molecule has 1 aromatic heterocycles. The van der Waals surface area contributed by atoms with E-state index in [4.69, 9.17) is 23.8 Å². The second kappa shape index (κ2) is 8.16. The quantitative estimate of drug-likeness (QED) is 0.504. The van der Waals surface area contributed by atoms with E-state index in [-0.39, 0.29) is 5.82 Å². The van der Waals surface area contributed by atoms with E-state index < -0.39 is 0 Å². The molecule has 26 heavy (non-hydrogen) atoms. The Kier molecular flexibility index (Phi) is 5.90. The van der Waals surface area contributed by atoms with Gasteiger partial charge in [0.2, 0.25) is 0 Å². The lowest BCUT2D eigenvalue weighted by Gasteiger charge is -2.12. The fraction of sp³-hybridized carbons (Fsp3) is 0.111. The second-order valence-corrected chi connectivity index (χ2v) is 7.28. The van der Waals surface area contributed by atoms with Crippen molar-refractivity contribution in [2.45, 2.75) is 13.5 Å². The van der Waals surface area contributed by atoms with Gasteiger partial charge in [0.15, 0.2) is 10.9 Å². The fourth-order valence-electron chi connectivity index (χ4n) is 2.37. The van der Waals surface area contributed by atoms with E-state index >= 15 is 0 Å². The van der Waals surface area contributed by atoms with Crippen molar-refractivity contribution in [3.05, 3.63) is 75.1 Å². The van der Waals surface area contributed by atoms with Gasteiger partial charge in [-0.15, -0.1) is 0 Å². The summed E-state index contributed by atoms with van der Waals surface area (Å²) in [5.74, 6) is 0.278. The third kappa shape index (κ3) is 4.41. The van der Waals surface area contributed by atoms with Crippen LogP contribution in [-0.2, 0) is 6.54 Å². The number of aromatic nitrogens is 2.